The molecule has 4 heteroatoms. The number of benzene rings is 3. The molecule has 2 aromatic heterocycles. The van der Waals surface area contributed by atoms with E-state index in [1.165, 1.54) is 27.5 Å². The number of aryl methyl sites for hydroxylation is 2. The first-order valence-electron chi connectivity index (χ1n) is 14.8. The zero-order valence-corrected chi connectivity index (χ0v) is 24.7. The van der Waals surface area contributed by atoms with Crippen LogP contribution in [-0.2, 0) is 18.0 Å². The van der Waals surface area contributed by atoms with E-state index in [0.29, 0.717) is 0 Å². The lowest BCUT2D eigenvalue weighted by Crippen LogP contribution is -2.24. The number of anilines is 1. The number of rotatable bonds is 12. The lowest BCUT2D eigenvalue weighted by atomic mass is 9.83. The molecule has 0 unspecified atom stereocenters. The lowest BCUT2D eigenvalue weighted by Gasteiger charge is -2.29. The number of fused-ring (bicyclic) bond motifs is 2. The summed E-state index contributed by atoms with van der Waals surface area (Å²) < 4.78 is 4.82. The highest BCUT2D eigenvalue weighted by molar-refractivity contribution is 6.30. The number of para-hydroxylation sites is 2. The predicted molar refractivity (Wildman–Crippen MR) is 169 cm³/mol. The largest absolute Gasteiger partial charge is 0.372 e. The first kappa shape index (κ1) is 27.4. The van der Waals surface area contributed by atoms with Crippen molar-refractivity contribution in [1.29, 1.82) is 0 Å². The molecule has 0 saturated carbocycles. The standard InChI is InChI=1S/C35H42ClN3/c1-5-9-23-38-25-31(29-15-11-13-17-33(29)38)35(36,27-19-21-28(22-20-27)37(7-3)8-4)32-26-39(24-10-6-2)34-18-14-12-16-30(32)34/h11-22,25-26H,5-10,23-24H2,1-4H3. The Hall–Kier alpha value is -3.17. The van der Waals surface area contributed by atoms with Crippen molar-refractivity contribution in [3.63, 3.8) is 0 Å². The first-order chi connectivity index (χ1) is 19.1. The minimum absolute atomic E-state index is 0.837. The number of nitrogens with zero attached hydrogens (tertiary/aromatic N) is 3. The van der Waals surface area contributed by atoms with Crippen molar-refractivity contribution in [1.82, 2.24) is 9.13 Å². The Labute approximate surface area is 239 Å². The number of hydrogen-bond acceptors (Lipinski definition) is 1. The van der Waals surface area contributed by atoms with Gasteiger partial charge in [-0.3, -0.25) is 0 Å². The van der Waals surface area contributed by atoms with Gasteiger partial charge < -0.3 is 14.0 Å². The van der Waals surface area contributed by atoms with Crippen LogP contribution in [0.25, 0.3) is 21.8 Å². The van der Waals surface area contributed by atoms with Crippen molar-refractivity contribution < 1.29 is 0 Å². The molecule has 0 aliphatic rings. The zero-order chi connectivity index (χ0) is 27.4. The van der Waals surface area contributed by atoms with Crippen molar-refractivity contribution in [2.45, 2.75) is 71.3 Å². The summed E-state index contributed by atoms with van der Waals surface area (Å²) in [4.78, 5) is 1.54. The minimum Gasteiger partial charge on any atom is -0.372 e. The average molecular weight is 540 g/mol. The Balaban J connectivity index is 1.78. The smallest absolute Gasteiger partial charge is 0.123 e. The second kappa shape index (κ2) is 11.9. The summed E-state index contributed by atoms with van der Waals surface area (Å²) in [5.74, 6) is 0. The van der Waals surface area contributed by atoms with E-state index in [0.717, 1.165) is 68.6 Å². The van der Waals surface area contributed by atoms with Crippen molar-refractivity contribution in [3.8, 4) is 0 Å². The maximum absolute atomic E-state index is 8.13. The molecule has 0 spiro atoms. The third-order valence-corrected chi connectivity index (χ3v) is 8.84. The molecule has 0 bridgehead atoms. The van der Waals surface area contributed by atoms with E-state index in [2.05, 4.69) is 127 Å². The Bertz CT molecular complexity index is 1440. The quantitative estimate of drug-likeness (QED) is 0.144. The van der Waals surface area contributed by atoms with Gasteiger partial charge in [0, 0.05) is 77.2 Å². The molecular formula is C35H42ClN3. The zero-order valence-electron chi connectivity index (χ0n) is 24.0. The molecule has 0 atom stereocenters. The second-order valence-corrected chi connectivity index (χ2v) is 11.2. The average Bonchev–Trinajstić information content (AvgIpc) is 3.55. The summed E-state index contributed by atoms with van der Waals surface area (Å²) in [7, 11) is 0. The van der Waals surface area contributed by atoms with Crippen LogP contribution in [0, 0.1) is 0 Å². The van der Waals surface area contributed by atoms with Crippen molar-refractivity contribution in [2.75, 3.05) is 18.0 Å². The van der Waals surface area contributed by atoms with Gasteiger partial charge in [-0.2, -0.15) is 0 Å². The minimum atomic E-state index is -0.837. The van der Waals surface area contributed by atoms with Gasteiger partial charge in [0.15, 0.2) is 0 Å². The van der Waals surface area contributed by atoms with Crippen LogP contribution in [0.15, 0.2) is 85.2 Å². The van der Waals surface area contributed by atoms with Crippen molar-refractivity contribution in [3.05, 3.63) is 102 Å². The molecule has 5 rings (SSSR count). The van der Waals surface area contributed by atoms with Crippen LogP contribution < -0.4 is 4.90 Å². The number of aromatic nitrogens is 2. The fraction of sp³-hybridized carbons (Fsp3) is 0.371. The molecule has 0 aliphatic carbocycles. The van der Waals surface area contributed by atoms with Crippen LogP contribution in [0.3, 0.4) is 0 Å². The van der Waals surface area contributed by atoms with Crippen LogP contribution in [0.2, 0.25) is 0 Å². The van der Waals surface area contributed by atoms with Crippen LogP contribution in [0.1, 0.15) is 70.1 Å². The molecule has 5 aromatic rings. The summed E-state index contributed by atoms with van der Waals surface area (Å²) in [6.45, 7) is 12.9. The molecule has 3 nitrogen and oxygen atoms in total. The van der Waals surface area contributed by atoms with E-state index in [-0.39, 0.29) is 0 Å². The Morgan fingerprint density at radius 1 is 0.641 bits per heavy atom. The van der Waals surface area contributed by atoms with Crippen LogP contribution in [-0.4, -0.2) is 22.2 Å². The van der Waals surface area contributed by atoms with E-state index in [9.17, 15) is 0 Å². The molecule has 3 aromatic carbocycles. The summed E-state index contributed by atoms with van der Waals surface area (Å²) in [6, 6.07) is 26.5. The molecular weight excluding hydrogens is 498 g/mol. The predicted octanol–water partition coefficient (Wildman–Crippen LogP) is 9.57. The summed E-state index contributed by atoms with van der Waals surface area (Å²) in [5.41, 5.74) is 7.16. The Morgan fingerprint density at radius 3 is 1.54 bits per heavy atom. The second-order valence-electron chi connectivity index (χ2n) is 10.6. The lowest BCUT2D eigenvalue weighted by molar-refractivity contribution is 0.643. The monoisotopic (exact) mass is 539 g/mol. The molecule has 0 aliphatic heterocycles. The van der Waals surface area contributed by atoms with Crippen LogP contribution in [0.4, 0.5) is 5.69 Å². The number of unbranched alkanes of at least 4 members (excludes halogenated alkanes) is 2. The van der Waals surface area contributed by atoms with Crippen molar-refractivity contribution >= 4 is 39.1 Å². The van der Waals surface area contributed by atoms with Crippen molar-refractivity contribution in [2.24, 2.45) is 0 Å². The van der Waals surface area contributed by atoms with E-state index in [1.54, 1.807) is 0 Å². The fourth-order valence-electron chi connectivity index (χ4n) is 6.02. The van der Waals surface area contributed by atoms with Gasteiger partial charge >= 0.3 is 0 Å². The van der Waals surface area contributed by atoms with Gasteiger partial charge in [-0.25, -0.2) is 0 Å². The molecule has 0 fully saturated rings. The summed E-state index contributed by atoms with van der Waals surface area (Å²) >= 11 is 8.13. The van der Waals surface area contributed by atoms with Gasteiger partial charge in [-0.15, -0.1) is 11.6 Å². The molecule has 2 heterocycles. The van der Waals surface area contributed by atoms with Gasteiger partial charge in [0.05, 0.1) is 0 Å². The van der Waals surface area contributed by atoms with E-state index >= 15 is 0 Å². The van der Waals surface area contributed by atoms with Gasteiger partial charge in [0.1, 0.15) is 4.87 Å². The summed E-state index contributed by atoms with van der Waals surface area (Å²) in [6.07, 6.45) is 9.25. The molecule has 0 N–H and O–H groups in total. The third kappa shape index (κ3) is 4.98. The normalized spacial score (nSPS) is 12.0. The Morgan fingerprint density at radius 2 is 1.10 bits per heavy atom. The molecule has 204 valence electrons. The third-order valence-electron chi connectivity index (χ3n) is 8.22. The van der Waals surface area contributed by atoms with E-state index < -0.39 is 4.87 Å². The molecule has 0 saturated heterocycles. The summed E-state index contributed by atoms with van der Waals surface area (Å²) in [5, 5.41) is 2.45. The van der Waals surface area contributed by atoms with Crippen LogP contribution in [0.5, 0.6) is 0 Å². The number of halogens is 1. The fourth-order valence-corrected chi connectivity index (χ4v) is 6.44. The van der Waals surface area contributed by atoms with Gasteiger partial charge in [-0.1, -0.05) is 75.2 Å². The molecule has 0 amide bonds. The SMILES string of the molecule is CCCCn1cc(C(Cl)(c2ccc(N(CC)CC)cc2)c2cn(CCCC)c3ccccc23)c2ccccc21. The Kier molecular flexibility index (Phi) is 8.37. The molecule has 39 heavy (non-hydrogen) atoms. The highest BCUT2D eigenvalue weighted by Gasteiger charge is 2.39. The van der Waals surface area contributed by atoms with Crippen LogP contribution >= 0.6 is 11.6 Å². The number of hydrogen-bond donors (Lipinski definition) is 0. The van der Waals surface area contributed by atoms with Gasteiger partial charge in [0.25, 0.3) is 0 Å². The maximum Gasteiger partial charge on any atom is 0.123 e. The number of alkyl halides is 1. The highest BCUT2D eigenvalue weighted by atomic mass is 35.5. The first-order valence-corrected chi connectivity index (χ1v) is 15.2. The highest BCUT2D eigenvalue weighted by Crippen LogP contribution is 2.49. The van der Waals surface area contributed by atoms with E-state index in [1.807, 2.05) is 0 Å². The maximum atomic E-state index is 8.13. The van der Waals surface area contributed by atoms with Gasteiger partial charge in [-0.05, 0) is 56.5 Å². The molecule has 0 radical (unpaired) electrons. The topological polar surface area (TPSA) is 13.1 Å². The van der Waals surface area contributed by atoms with E-state index in [4.69, 9.17) is 11.6 Å². The van der Waals surface area contributed by atoms with Gasteiger partial charge in [0.2, 0.25) is 0 Å².